The van der Waals surface area contributed by atoms with Crippen LogP contribution in [0.15, 0.2) is 17.0 Å². The summed E-state index contributed by atoms with van der Waals surface area (Å²) >= 11 is 0. The molecule has 0 saturated carbocycles. The van der Waals surface area contributed by atoms with E-state index in [0.717, 1.165) is 19.3 Å². The van der Waals surface area contributed by atoms with Gasteiger partial charge in [-0.1, -0.05) is 25.8 Å². The minimum atomic E-state index is -3.71. The Morgan fingerprint density at radius 2 is 1.90 bits per heavy atom. The molecule has 0 spiro atoms. The first-order chi connectivity index (χ1) is 9.69. The molecule has 0 heterocycles. The minimum absolute atomic E-state index is 0.0159. The van der Waals surface area contributed by atoms with Crippen molar-refractivity contribution in [2.45, 2.75) is 57.9 Å². The minimum Gasteiger partial charge on any atom is -0.478 e. The van der Waals surface area contributed by atoms with Gasteiger partial charge in [0, 0.05) is 6.04 Å². The van der Waals surface area contributed by atoms with E-state index in [9.17, 15) is 13.2 Å². The van der Waals surface area contributed by atoms with Crippen LogP contribution in [-0.2, 0) is 10.0 Å². The second kappa shape index (κ2) is 7.04. The van der Waals surface area contributed by atoms with Crippen LogP contribution in [0.25, 0.3) is 0 Å². The molecule has 0 aliphatic carbocycles. The van der Waals surface area contributed by atoms with Crippen LogP contribution < -0.4 is 4.72 Å². The highest BCUT2D eigenvalue weighted by Crippen LogP contribution is 2.21. The van der Waals surface area contributed by atoms with Gasteiger partial charge >= 0.3 is 5.97 Å². The lowest BCUT2D eigenvalue weighted by molar-refractivity contribution is 0.0696. The molecule has 0 aliphatic rings. The molecule has 1 unspecified atom stereocenters. The van der Waals surface area contributed by atoms with Gasteiger partial charge in [0.15, 0.2) is 0 Å². The van der Waals surface area contributed by atoms with Crippen molar-refractivity contribution in [2.75, 3.05) is 0 Å². The summed E-state index contributed by atoms with van der Waals surface area (Å²) in [5, 5.41) is 9.13. The summed E-state index contributed by atoms with van der Waals surface area (Å²) in [6, 6.07) is 2.65. The maximum absolute atomic E-state index is 12.4. The summed E-state index contributed by atoms with van der Waals surface area (Å²) in [4.78, 5) is 11.2. The third kappa shape index (κ3) is 4.54. The highest BCUT2D eigenvalue weighted by Gasteiger charge is 2.22. The molecule has 6 heteroatoms. The fourth-order valence-corrected chi connectivity index (χ4v) is 3.78. The summed E-state index contributed by atoms with van der Waals surface area (Å²) in [6.07, 6.45) is 2.70. The molecule has 2 N–H and O–H groups in total. The number of hydrogen-bond donors (Lipinski definition) is 2. The van der Waals surface area contributed by atoms with Crippen LogP contribution in [0, 0.1) is 13.8 Å². The predicted octanol–water partition coefficient (Wildman–Crippen LogP) is 2.86. The van der Waals surface area contributed by atoms with Gasteiger partial charge < -0.3 is 5.11 Å². The van der Waals surface area contributed by atoms with Crippen molar-refractivity contribution in [3.63, 3.8) is 0 Å². The molecule has 0 aliphatic heterocycles. The van der Waals surface area contributed by atoms with Crippen molar-refractivity contribution < 1.29 is 18.3 Å². The summed E-state index contributed by atoms with van der Waals surface area (Å²) < 4.78 is 27.4. The molecule has 21 heavy (non-hydrogen) atoms. The second-order valence-corrected chi connectivity index (χ2v) is 7.08. The lowest BCUT2D eigenvalue weighted by Crippen LogP contribution is -2.33. The van der Waals surface area contributed by atoms with E-state index in [2.05, 4.69) is 4.72 Å². The quantitative estimate of drug-likeness (QED) is 0.810. The third-order valence-corrected chi connectivity index (χ3v) is 5.12. The number of benzene rings is 1. The van der Waals surface area contributed by atoms with E-state index in [1.54, 1.807) is 19.9 Å². The van der Waals surface area contributed by atoms with E-state index in [0.29, 0.717) is 11.1 Å². The molecule has 1 rings (SSSR count). The number of carbonyl (C=O) groups is 1. The zero-order chi connectivity index (χ0) is 16.2. The largest absolute Gasteiger partial charge is 0.478 e. The third-order valence-electron chi connectivity index (χ3n) is 3.39. The standard InChI is InChI=1S/C15H23NO4S/c1-5-6-7-12(4)16-21(19,20)14-9-13(15(17)18)10(2)8-11(14)3/h8-9,12,16H,5-7H2,1-4H3,(H,17,18). The summed E-state index contributed by atoms with van der Waals surface area (Å²) in [5.41, 5.74) is 1.12. The fourth-order valence-electron chi connectivity index (χ4n) is 2.25. The highest BCUT2D eigenvalue weighted by atomic mass is 32.2. The van der Waals surface area contributed by atoms with E-state index < -0.39 is 16.0 Å². The molecule has 0 aromatic heterocycles. The van der Waals surface area contributed by atoms with Gasteiger partial charge in [0.1, 0.15) is 0 Å². The Kier molecular flexibility index (Phi) is 5.92. The fraction of sp³-hybridized carbons (Fsp3) is 0.533. The van der Waals surface area contributed by atoms with Crippen molar-refractivity contribution >= 4 is 16.0 Å². The van der Waals surface area contributed by atoms with Gasteiger partial charge in [0.25, 0.3) is 0 Å². The summed E-state index contributed by atoms with van der Waals surface area (Å²) in [6.45, 7) is 7.19. The lowest BCUT2D eigenvalue weighted by Gasteiger charge is -2.16. The van der Waals surface area contributed by atoms with E-state index in [4.69, 9.17) is 5.11 Å². The van der Waals surface area contributed by atoms with Gasteiger partial charge in [0.05, 0.1) is 10.5 Å². The van der Waals surface area contributed by atoms with Gasteiger partial charge in [-0.15, -0.1) is 0 Å². The summed E-state index contributed by atoms with van der Waals surface area (Å²) in [5.74, 6) is -1.12. The normalized spacial score (nSPS) is 13.1. The topological polar surface area (TPSA) is 83.5 Å². The molecule has 0 bridgehead atoms. The van der Waals surface area contributed by atoms with Crippen molar-refractivity contribution in [3.8, 4) is 0 Å². The molecule has 118 valence electrons. The number of hydrogen-bond acceptors (Lipinski definition) is 3. The Labute approximate surface area is 126 Å². The average Bonchev–Trinajstić information content (AvgIpc) is 2.34. The maximum atomic E-state index is 12.4. The zero-order valence-corrected chi connectivity index (χ0v) is 13.8. The number of aryl methyl sites for hydroxylation is 2. The van der Waals surface area contributed by atoms with Crippen LogP contribution in [0.5, 0.6) is 0 Å². The molecule has 1 aromatic carbocycles. The van der Waals surface area contributed by atoms with Crippen molar-refractivity contribution in [3.05, 3.63) is 28.8 Å². The van der Waals surface area contributed by atoms with Crippen LogP contribution >= 0.6 is 0 Å². The Balaban J connectivity index is 3.13. The van der Waals surface area contributed by atoms with Gasteiger partial charge in [-0.25, -0.2) is 17.9 Å². The molecule has 0 radical (unpaired) electrons. The average molecular weight is 313 g/mol. The van der Waals surface area contributed by atoms with Crippen LogP contribution in [0.1, 0.15) is 54.6 Å². The van der Waals surface area contributed by atoms with Crippen LogP contribution in [0.2, 0.25) is 0 Å². The molecule has 1 atom stereocenters. The predicted molar refractivity (Wildman–Crippen MR) is 82.2 cm³/mol. The van der Waals surface area contributed by atoms with Crippen molar-refractivity contribution in [1.82, 2.24) is 4.72 Å². The number of nitrogens with one attached hydrogen (secondary N) is 1. The Bertz CT molecular complexity index is 623. The first kappa shape index (κ1) is 17.7. The number of sulfonamides is 1. The van der Waals surface area contributed by atoms with Gasteiger partial charge in [-0.2, -0.15) is 0 Å². The number of carboxylic acids is 1. The Hall–Kier alpha value is -1.40. The Morgan fingerprint density at radius 3 is 2.43 bits per heavy atom. The zero-order valence-electron chi connectivity index (χ0n) is 12.9. The van der Waals surface area contributed by atoms with Crippen LogP contribution in [0.4, 0.5) is 0 Å². The molecular formula is C15H23NO4S. The second-order valence-electron chi connectivity index (χ2n) is 5.40. The van der Waals surface area contributed by atoms with Gasteiger partial charge in [-0.3, -0.25) is 0 Å². The lowest BCUT2D eigenvalue weighted by atomic mass is 10.1. The molecule has 0 amide bonds. The Morgan fingerprint density at radius 1 is 1.29 bits per heavy atom. The van der Waals surface area contributed by atoms with Crippen molar-refractivity contribution in [2.24, 2.45) is 0 Å². The molecule has 0 fully saturated rings. The van der Waals surface area contributed by atoms with E-state index in [1.165, 1.54) is 6.07 Å². The first-order valence-electron chi connectivity index (χ1n) is 7.06. The smallest absolute Gasteiger partial charge is 0.335 e. The van der Waals surface area contributed by atoms with Crippen molar-refractivity contribution in [1.29, 1.82) is 0 Å². The maximum Gasteiger partial charge on any atom is 0.335 e. The van der Waals surface area contributed by atoms with Gasteiger partial charge in [-0.05, 0) is 44.4 Å². The van der Waals surface area contributed by atoms with Crippen LogP contribution in [-0.4, -0.2) is 25.5 Å². The number of carboxylic acid groups (broad SMARTS) is 1. The monoisotopic (exact) mass is 313 g/mol. The molecular weight excluding hydrogens is 290 g/mol. The van der Waals surface area contributed by atoms with Crippen LogP contribution in [0.3, 0.4) is 0 Å². The first-order valence-corrected chi connectivity index (χ1v) is 8.54. The van der Waals surface area contributed by atoms with Gasteiger partial charge in [0.2, 0.25) is 10.0 Å². The van der Waals surface area contributed by atoms with E-state index >= 15 is 0 Å². The van der Waals surface area contributed by atoms with E-state index in [1.807, 2.05) is 13.8 Å². The number of rotatable bonds is 7. The molecule has 5 nitrogen and oxygen atoms in total. The number of unbranched alkanes of at least 4 members (excludes halogenated alkanes) is 1. The van der Waals surface area contributed by atoms with E-state index in [-0.39, 0.29) is 16.5 Å². The summed E-state index contributed by atoms with van der Waals surface area (Å²) in [7, 11) is -3.71. The highest BCUT2D eigenvalue weighted by molar-refractivity contribution is 7.89. The molecule has 1 aromatic rings. The molecule has 0 saturated heterocycles. The SMILES string of the molecule is CCCCC(C)NS(=O)(=O)c1cc(C(=O)O)c(C)cc1C. The number of aromatic carboxylic acids is 1.